The van der Waals surface area contributed by atoms with Gasteiger partial charge in [-0.25, -0.2) is 8.78 Å². The van der Waals surface area contributed by atoms with Crippen molar-refractivity contribution in [2.75, 3.05) is 12.4 Å². The van der Waals surface area contributed by atoms with Gasteiger partial charge in [0.1, 0.15) is 17.4 Å². The van der Waals surface area contributed by atoms with Crippen molar-refractivity contribution < 1.29 is 13.5 Å². The standard InChI is InChI=1S/C15H13Br2F2NO/c1-8(15-11(18)4-3-5-12(15)19)20-13-7-14(21-2)10(17)6-9(13)16/h3-8,20H,1-2H3. The molecule has 0 saturated heterocycles. The highest BCUT2D eigenvalue weighted by molar-refractivity contribution is 9.11. The van der Waals surface area contributed by atoms with E-state index in [9.17, 15) is 8.78 Å². The van der Waals surface area contributed by atoms with E-state index in [0.29, 0.717) is 11.4 Å². The second-order valence-corrected chi connectivity index (χ2v) is 6.18. The second-order valence-electron chi connectivity index (χ2n) is 4.47. The van der Waals surface area contributed by atoms with Crippen LogP contribution in [-0.4, -0.2) is 7.11 Å². The summed E-state index contributed by atoms with van der Waals surface area (Å²) in [5.41, 5.74) is 0.691. The van der Waals surface area contributed by atoms with Crippen LogP contribution in [0, 0.1) is 11.6 Å². The third-order valence-corrected chi connectivity index (χ3v) is 4.32. The van der Waals surface area contributed by atoms with E-state index in [1.54, 1.807) is 20.1 Å². The first-order valence-corrected chi connectivity index (χ1v) is 7.76. The van der Waals surface area contributed by atoms with Crippen molar-refractivity contribution in [3.8, 4) is 5.75 Å². The fourth-order valence-corrected chi connectivity index (χ4v) is 3.30. The van der Waals surface area contributed by atoms with Crippen LogP contribution >= 0.6 is 31.9 Å². The molecule has 0 radical (unpaired) electrons. The zero-order valence-corrected chi connectivity index (χ0v) is 14.6. The molecular weight excluding hydrogens is 408 g/mol. The van der Waals surface area contributed by atoms with Gasteiger partial charge in [-0.05, 0) is 57.0 Å². The van der Waals surface area contributed by atoms with E-state index in [0.717, 1.165) is 8.95 Å². The summed E-state index contributed by atoms with van der Waals surface area (Å²) in [5.74, 6) is -0.521. The second kappa shape index (κ2) is 6.75. The fourth-order valence-electron chi connectivity index (χ4n) is 2.03. The number of hydrogen-bond donors (Lipinski definition) is 1. The highest BCUT2D eigenvalue weighted by atomic mass is 79.9. The zero-order chi connectivity index (χ0) is 15.6. The molecule has 6 heteroatoms. The van der Waals surface area contributed by atoms with Crippen molar-refractivity contribution in [2.24, 2.45) is 0 Å². The molecule has 0 saturated carbocycles. The number of benzene rings is 2. The van der Waals surface area contributed by atoms with Crippen molar-refractivity contribution in [3.05, 3.63) is 56.5 Å². The van der Waals surface area contributed by atoms with Gasteiger partial charge in [0.15, 0.2) is 0 Å². The molecule has 0 heterocycles. The maximum absolute atomic E-state index is 13.8. The Hall–Kier alpha value is -1.14. The maximum Gasteiger partial charge on any atom is 0.135 e. The molecule has 0 spiro atoms. The van der Waals surface area contributed by atoms with Gasteiger partial charge in [-0.1, -0.05) is 6.07 Å². The van der Waals surface area contributed by atoms with Crippen molar-refractivity contribution in [2.45, 2.75) is 13.0 Å². The van der Waals surface area contributed by atoms with Crippen LogP contribution in [-0.2, 0) is 0 Å². The molecule has 112 valence electrons. The predicted octanol–water partition coefficient (Wildman–Crippen LogP) is 5.67. The van der Waals surface area contributed by atoms with Gasteiger partial charge in [-0.3, -0.25) is 0 Å². The Morgan fingerprint density at radius 2 is 1.71 bits per heavy atom. The van der Waals surface area contributed by atoms with E-state index >= 15 is 0 Å². The van der Waals surface area contributed by atoms with Crippen LogP contribution in [0.15, 0.2) is 39.3 Å². The Kier molecular flexibility index (Phi) is 5.22. The monoisotopic (exact) mass is 419 g/mol. The van der Waals surface area contributed by atoms with Gasteiger partial charge in [-0.2, -0.15) is 0 Å². The largest absolute Gasteiger partial charge is 0.495 e. The molecule has 2 aromatic rings. The van der Waals surface area contributed by atoms with Gasteiger partial charge in [0.05, 0.1) is 23.3 Å². The minimum atomic E-state index is -0.574. The lowest BCUT2D eigenvalue weighted by molar-refractivity contribution is 0.412. The van der Waals surface area contributed by atoms with Crippen LogP contribution in [0.2, 0.25) is 0 Å². The zero-order valence-electron chi connectivity index (χ0n) is 11.4. The van der Waals surface area contributed by atoms with Crippen LogP contribution < -0.4 is 10.1 Å². The molecule has 21 heavy (non-hydrogen) atoms. The Balaban J connectivity index is 2.34. The summed E-state index contributed by atoms with van der Waals surface area (Å²) < 4.78 is 34.3. The molecule has 2 nitrogen and oxygen atoms in total. The molecule has 0 fully saturated rings. The first-order valence-electron chi connectivity index (χ1n) is 6.17. The van der Waals surface area contributed by atoms with Gasteiger partial charge < -0.3 is 10.1 Å². The van der Waals surface area contributed by atoms with Crippen molar-refractivity contribution >= 4 is 37.5 Å². The van der Waals surface area contributed by atoms with Crippen molar-refractivity contribution in [1.82, 2.24) is 0 Å². The van der Waals surface area contributed by atoms with Gasteiger partial charge >= 0.3 is 0 Å². The molecule has 1 unspecified atom stereocenters. The smallest absolute Gasteiger partial charge is 0.135 e. The normalized spacial score (nSPS) is 12.1. The Bertz CT molecular complexity index is 644. The number of rotatable bonds is 4. The van der Waals surface area contributed by atoms with Gasteiger partial charge in [0.25, 0.3) is 0 Å². The number of hydrogen-bond acceptors (Lipinski definition) is 2. The van der Waals surface area contributed by atoms with E-state index in [4.69, 9.17) is 4.74 Å². The summed E-state index contributed by atoms with van der Waals surface area (Å²) in [6.07, 6.45) is 0. The molecule has 0 aliphatic heterocycles. The number of anilines is 1. The van der Waals surface area contributed by atoms with Crippen LogP contribution in [0.3, 0.4) is 0 Å². The lowest BCUT2D eigenvalue weighted by atomic mass is 10.1. The van der Waals surface area contributed by atoms with Crippen LogP contribution in [0.1, 0.15) is 18.5 Å². The first kappa shape index (κ1) is 16.2. The molecule has 2 aromatic carbocycles. The van der Waals surface area contributed by atoms with E-state index in [-0.39, 0.29) is 5.56 Å². The molecular formula is C15H13Br2F2NO. The lowest BCUT2D eigenvalue weighted by Gasteiger charge is -2.19. The quantitative estimate of drug-likeness (QED) is 0.687. The van der Waals surface area contributed by atoms with E-state index in [2.05, 4.69) is 37.2 Å². The highest BCUT2D eigenvalue weighted by Crippen LogP contribution is 2.36. The molecule has 0 aliphatic carbocycles. The Morgan fingerprint density at radius 1 is 1.10 bits per heavy atom. The molecule has 1 N–H and O–H groups in total. The number of halogens is 4. The highest BCUT2D eigenvalue weighted by Gasteiger charge is 2.17. The summed E-state index contributed by atoms with van der Waals surface area (Å²) in [4.78, 5) is 0. The topological polar surface area (TPSA) is 21.3 Å². The van der Waals surface area contributed by atoms with E-state index in [1.807, 2.05) is 6.07 Å². The van der Waals surface area contributed by atoms with Crippen LogP contribution in [0.5, 0.6) is 5.75 Å². The average molecular weight is 421 g/mol. The predicted molar refractivity (Wildman–Crippen MR) is 86.8 cm³/mol. The summed E-state index contributed by atoms with van der Waals surface area (Å²) >= 11 is 6.79. The van der Waals surface area contributed by atoms with Crippen molar-refractivity contribution in [1.29, 1.82) is 0 Å². The summed E-state index contributed by atoms with van der Waals surface area (Å²) in [6, 6.07) is 6.86. The number of nitrogens with one attached hydrogen (secondary N) is 1. The molecule has 0 aromatic heterocycles. The minimum Gasteiger partial charge on any atom is -0.495 e. The summed E-state index contributed by atoms with van der Waals surface area (Å²) in [6.45, 7) is 1.70. The fraction of sp³-hybridized carbons (Fsp3) is 0.200. The van der Waals surface area contributed by atoms with E-state index in [1.165, 1.54) is 18.2 Å². The van der Waals surface area contributed by atoms with Gasteiger partial charge in [0, 0.05) is 16.1 Å². The molecule has 0 amide bonds. The van der Waals surface area contributed by atoms with Gasteiger partial charge in [-0.15, -0.1) is 0 Å². The minimum absolute atomic E-state index is 0.00582. The Morgan fingerprint density at radius 3 is 2.29 bits per heavy atom. The summed E-state index contributed by atoms with van der Waals surface area (Å²) in [7, 11) is 1.55. The number of methoxy groups -OCH3 is 1. The van der Waals surface area contributed by atoms with Crippen molar-refractivity contribution in [3.63, 3.8) is 0 Å². The third-order valence-electron chi connectivity index (χ3n) is 3.05. The lowest BCUT2D eigenvalue weighted by Crippen LogP contribution is -2.11. The third kappa shape index (κ3) is 3.55. The molecule has 1 atom stereocenters. The summed E-state index contributed by atoms with van der Waals surface area (Å²) in [5, 5.41) is 3.08. The SMILES string of the molecule is COc1cc(NC(C)c2c(F)cccc2F)c(Br)cc1Br. The first-order chi connectivity index (χ1) is 9.93. The maximum atomic E-state index is 13.8. The Labute approximate surface area is 138 Å². The molecule has 0 bridgehead atoms. The van der Waals surface area contributed by atoms with E-state index < -0.39 is 17.7 Å². The van der Waals surface area contributed by atoms with Gasteiger partial charge in [0.2, 0.25) is 0 Å². The van der Waals surface area contributed by atoms with Crippen LogP contribution in [0.25, 0.3) is 0 Å². The molecule has 0 aliphatic rings. The molecule has 2 rings (SSSR count). The number of ether oxygens (including phenoxy) is 1. The average Bonchev–Trinajstić information content (AvgIpc) is 2.41. The van der Waals surface area contributed by atoms with Crippen LogP contribution in [0.4, 0.5) is 14.5 Å².